The highest BCUT2D eigenvalue weighted by Crippen LogP contribution is 2.21. The quantitative estimate of drug-likeness (QED) is 0.569. The van der Waals surface area contributed by atoms with Crippen molar-refractivity contribution in [1.29, 1.82) is 0 Å². The molecule has 0 radical (unpaired) electrons. The molecule has 0 spiro atoms. The highest BCUT2D eigenvalue weighted by molar-refractivity contribution is 9.09. The van der Waals surface area contributed by atoms with Gasteiger partial charge in [-0.2, -0.15) is 0 Å². The number of carbonyl (C=O) groups is 2. The van der Waals surface area contributed by atoms with Crippen molar-refractivity contribution in [1.82, 2.24) is 0 Å². The molecule has 1 aromatic carbocycles. The topological polar surface area (TPSA) is 74.6 Å². The molecule has 6 heteroatoms. The number of aliphatic hydroxyl groups is 1. The van der Waals surface area contributed by atoms with E-state index < -0.39 is 12.1 Å². The van der Waals surface area contributed by atoms with Gasteiger partial charge in [-0.25, -0.2) is 4.79 Å². The minimum absolute atomic E-state index is 0.00633. The van der Waals surface area contributed by atoms with E-state index in [0.29, 0.717) is 10.5 Å². The number of benzene rings is 1. The van der Waals surface area contributed by atoms with Gasteiger partial charge in [0.1, 0.15) is 5.78 Å². The Morgan fingerprint density at radius 1 is 1.41 bits per heavy atom. The fourth-order valence-electron chi connectivity index (χ4n) is 1.30. The van der Waals surface area contributed by atoms with Crippen molar-refractivity contribution in [2.45, 2.75) is 17.4 Å². The number of carboxylic acids is 1. The van der Waals surface area contributed by atoms with E-state index >= 15 is 0 Å². The molecule has 0 saturated carbocycles. The Morgan fingerprint density at radius 2 is 2.06 bits per heavy atom. The second-order valence-electron chi connectivity index (χ2n) is 3.48. The van der Waals surface area contributed by atoms with Crippen LogP contribution in [0.3, 0.4) is 0 Å². The van der Waals surface area contributed by atoms with Gasteiger partial charge in [0.25, 0.3) is 0 Å². The molecule has 4 nitrogen and oxygen atoms in total. The van der Waals surface area contributed by atoms with E-state index in [9.17, 15) is 14.7 Å². The normalized spacial score (nSPS) is 12.2. The molecule has 1 rings (SSSR count). The van der Waals surface area contributed by atoms with Crippen molar-refractivity contribution >= 4 is 40.3 Å². The van der Waals surface area contributed by atoms with E-state index in [1.807, 2.05) is 0 Å². The summed E-state index contributed by atoms with van der Waals surface area (Å²) in [5.74, 6) is -1.31. The molecule has 0 aromatic heterocycles. The number of thiol groups is 1. The van der Waals surface area contributed by atoms with Crippen LogP contribution in [-0.2, 0) is 16.0 Å². The predicted molar refractivity (Wildman–Crippen MR) is 68.8 cm³/mol. The van der Waals surface area contributed by atoms with Crippen LogP contribution in [0, 0.1) is 0 Å². The molecule has 2 N–H and O–H groups in total. The number of aliphatic carboxylic acids is 1. The molecule has 0 fully saturated rings. The lowest BCUT2D eigenvalue weighted by atomic mass is 10.0. The van der Waals surface area contributed by atoms with Gasteiger partial charge in [-0.3, -0.25) is 4.79 Å². The first-order valence-electron chi connectivity index (χ1n) is 4.76. The Bertz CT molecular complexity index is 447. The lowest BCUT2D eigenvalue weighted by Crippen LogP contribution is -2.11. The Hall–Kier alpha value is -0.850. The lowest BCUT2D eigenvalue weighted by molar-refractivity contribution is -0.147. The molecule has 92 valence electrons. The molecule has 0 bridgehead atoms. The average molecular weight is 319 g/mol. The second-order valence-corrected chi connectivity index (χ2v) is 4.52. The number of aliphatic hydroxyl groups excluding tert-OH is 1. The Labute approximate surface area is 112 Å². The van der Waals surface area contributed by atoms with Crippen LogP contribution in [0.25, 0.3) is 0 Å². The van der Waals surface area contributed by atoms with E-state index in [1.165, 1.54) is 12.1 Å². The third-order valence-corrected chi connectivity index (χ3v) is 3.24. The summed E-state index contributed by atoms with van der Waals surface area (Å²) in [7, 11) is 0. The van der Waals surface area contributed by atoms with Crippen LogP contribution >= 0.6 is 28.6 Å². The number of Topliss-reactive ketones (excluding diaryl/α,β-unsaturated/α-hetero) is 1. The van der Waals surface area contributed by atoms with Crippen molar-refractivity contribution in [2.75, 3.05) is 5.33 Å². The average Bonchev–Trinajstić information content (AvgIpc) is 2.30. The first-order chi connectivity index (χ1) is 7.95. The number of ketones is 1. The first kappa shape index (κ1) is 14.2. The van der Waals surface area contributed by atoms with Crippen LogP contribution in [0.1, 0.15) is 17.2 Å². The standard InChI is InChI=1S/C11H11BrO4S/c12-5-8(13)3-6-1-2-7(4-9(6)17)10(14)11(15)16/h1-2,4,10,14,17H,3,5H2,(H,15,16). The molecule has 1 atom stereocenters. The summed E-state index contributed by atoms with van der Waals surface area (Å²) in [5.41, 5.74) is 0.955. The second kappa shape index (κ2) is 6.18. The molecule has 0 aliphatic rings. The SMILES string of the molecule is O=C(CBr)Cc1ccc(C(O)C(=O)O)cc1S. The molecule has 1 unspecified atom stereocenters. The number of rotatable bonds is 5. The maximum atomic E-state index is 11.2. The number of hydrogen-bond acceptors (Lipinski definition) is 4. The van der Waals surface area contributed by atoms with E-state index in [0.717, 1.165) is 0 Å². The maximum absolute atomic E-state index is 11.2. The van der Waals surface area contributed by atoms with E-state index in [1.54, 1.807) is 6.07 Å². The molecule has 0 aliphatic carbocycles. The monoisotopic (exact) mass is 318 g/mol. The molecular weight excluding hydrogens is 308 g/mol. The molecule has 17 heavy (non-hydrogen) atoms. The third kappa shape index (κ3) is 3.83. The van der Waals surface area contributed by atoms with Crippen LogP contribution < -0.4 is 0 Å². The zero-order valence-electron chi connectivity index (χ0n) is 8.76. The molecule has 1 aromatic rings. The fraction of sp³-hybridized carbons (Fsp3) is 0.273. The minimum atomic E-state index is -1.57. The van der Waals surface area contributed by atoms with Crippen molar-refractivity contribution in [3.8, 4) is 0 Å². The Balaban J connectivity index is 2.93. The number of alkyl halides is 1. The summed E-state index contributed by atoms with van der Waals surface area (Å²) in [4.78, 5) is 22.3. The fourth-order valence-corrected chi connectivity index (χ4v) is 1.80. The molecule has 0 heterocycles. The third-order valence-electron chi connectivity index (χ3n) is 2.20. The van der Waals surface area contributed by atoms with Crippen LogP contribution in [0.15, 0.2) is 23.1 Å². The van der Waals surface area contributed by atoms with E-state index in [4.69, 9.17) is 5.11 Å². The highest BCUT2D eigenvalue weighted by Gasteiger charge is 2.17. The number of halogens is 1. The lowest BCUT2D eigenvalue weighted by Gasteiger charge is -2.09. The number of carboxylic acid groups (broad SMARTS) is 1. The van der Waals surface area contributed by atoms with Crippen molar-refractivity contribution in [3.05, 3.63) is 29.3 Å². The van der Waals surface area contributed by atoms with Crippen molar-refractivity contribution in [3.63, 3.8) is 0 Å². The molecule has 0 aliphatic heterocycles. The summed E-state index contributed by atoms with van der Waals surface area (Å²) in [6.45, 7) is 0. The molecule has 0 saturated heterocycles. The highest BCUT2D eigenvalue weighted by atomic mass is 79.9. The largest absolute Gasteiger partial charge is 0.479 e. The smallest absolute Gasteiger partial charge is 0.337 e. The summed E-state index contributed by atoms with van der Waals surface area (Å²) < 4.78 is 0. The summed E-state index contributed by atoms with van der Waals surface area (Å²) in [6, 6.07) is 4.54. The van der Waals surface area contributed by atoms with Crippen LogP contribution in [-0.4, -0.2) is 27.3 Å². The predicted octanol–water partition coefficient (Wildman–Crippen LogP) is 1.60. The van der Waals surface area contributed by atoms with Gasteiger partial charge >= 0.3 is 5.97 Å². The van der Waals surface area contributed by atoms with Gasteiger partial charge in [-0.05, 0) is 17.2 Å². The zero-order valence-corrected chi connectivity index (χ0v) is 11.2. The van der Waals surface area contributed by atoms with Gasteiger partial charge in [0.15, 0.2) is 6.10 Å². The van der Waals surface area contributed by atoms with Gasteiger partial charge in [-0.1, -0.05) is 28.1 Å². The number of carbonyl (C=O) groups excluding carboxylic acids is 1. The molecular formula is C11H11BrO4S. The summed E-state index contributed by atoms with van der Waals surface area (Å²) in [5, 5.41) is 18.2. The van der Waals surface area contributed by atoms with Gasteiger partial charge in [0.05, 0.1) is 5.33 Å². The van der Waals surface area contributed by atoms with Crippen molar-refractivity contribution in [2.24, 2.45) is 0 Å². The zero-order chi connectivity index (χ0) is 13.0. The van der Waals surface area contributed by atoms with Crippen molar-refractivity contribution < 1.29 is 19.8 Å². The summed E-state index contributed by atoms with van der Waals surface area (Å²) in [6.07, 6.45) is -1.34. The Kier molecular flexibility index (Phi) is 5.17. The van der Waals surface area contributed by atoms with Gasteiger partial charge in [0, 0.05) is 11.3 Å². The van der Waals surface area contributed by atoms with Gasteiger partial charge in [0.2, 0.25) is 0 Å². The van der Waals surface area contributed by atoms with Crippen LogP contribution in [0.5, 0.6) is 0 Å². The summed E-state index contributed by atoms with van der Waals surface area (Å²) >= 11 is 7.23. The maximum Gasteiger partial charge on any atom is 0.337 e. The minimum Gasteiger partial charge on any atom is -0.479 e. The number of hydrogen-bond donors (Lipinski definition) is 3. The van der Waals surface area contributed by atoms with E-state index in [2.05, 4.69) is 28.6 Å². The van der Waals surface area contributed by atoms with Crippen LogP contribution in [0.4, 0.5) is 0 Å². The molecule has 0 amide bonds. The van der Waals surface area contributed by atoms with Gasteiger partial charge < -0.3 is 10.2 Å². The van der Waals surface area contributed by atoms with E-state index in [-0.39, 0.29) is 23.1 Å². The Morgan fingerprint density at radius 3 is 2.53 bits per heavy atom. The first-order valence-corrected chi connectivity index (χ1v) is 6.33. The van der Waals surface area contributed by atoms with Gasteiger partial charge in [-0.15, -0.1) is 12.6 Å². The van der Waals surface area contributed by atoms with Crippen LogP contribution in [0.2, 0.25) is 0 Å².